The van der Waals surface area contributed by atoms with Gasteiger partial charge in [-0.15, -0.1) is 0 Å². The number of carbonyl (C=O) groups is 3. The molecule has 1 aromatic carbocycles. The molecule has 1 aromatic rings. The summed E-state index contributed by atoms with van der Waals surface area (Å²) in [5.41, 5.74) is 2.36. The van der Waals surface area contributed by atoms with E-state index in [0.717, 1.165) is 0 Å². The number of dihydropyridines is 1. The third-order valence-corrected chi connectivity index (χ3v) is 4.30. The van der Waals surface area contributed by atoms with Crippen LogP contribution in [0.2, 0.25) is 0 Å². The van der Waals surface area contributed by atoms with E-state index < -0.39 is 17.9 Å². The summed E-state index contributed by atoms with van der Waals surface area (Å²) < 4.78 is 15.0. The Hall–Kier alpha value is -3.09. The highest BCUT2D eigenvalue weighted by atomic mass is 16.5. The van der Waals surface area contributed by atoms with E-state index in [0.29, 0.717) is 34.6 Å². The molecule has 0 radical (unpaired) electrons. The van der Waals surface area contributed by atoms with Crippen molar-refractivity contribution in [3.8, 4) is 5.75 Å². The highest BCUT2D eigenvalue weighted by molar-refractivity contribution is 6.00. The van der Waals surface area contributed by atoms with Gasteiger partial charge in [0, 0.05) is 17.0 Å². The predicted molar refractivity (Wildman–Crippen MR) is 93.7 cm³/mol. The third-order valence-electron chi connectivity index (χ3n) is 4.30. The van der Waals surface area contributed by atoms with Gasteiger partial charge in [0.25, 0.3) is 0 Å². The van der Waals surface area contributed by atoms with E-state index in [-0.39, 0.29) is 11.1 Å². The van der Waals surface area contributed by atoms with Crippen molar-refractivity contribution in [3.05, 3.63) is 51.9 Å². The van der Waals surface area contributed by atoms with Crippen molar-refractivity contribution in [2.24, 2.45) is 0 Å². The summed E-state index contributed by atoms with van der Waals surface area (Å²) in [6.45, 7) is 3.42. The number of methoxy groups -OCH3 is 3. The molecule has 26 heavy (non-hydrogen) atoms. The summed E-state index contributed by atoms with van der Waals surface area (Å²) in [7, 11) is 4.01. The molecule has 0 atom stereocenters. The molecule has 138 valence electrons. The number of rotatable bonds is 5. The lowest BCUT2D eigenvalue weighted by atomic mass is 9.78. The number of carbonyl (C=O) groups excluding carboxylic acids is 3. The molecule has 0 aromatic heterocycles. The van der Waals surface area contributed by atoms with Gasteiger partial charge in [-0.05, 0) is 31.5 Å². The minimum absolute atomic E-state index is 0.242. The summed E-state index contributed by atoms with van der Waals surface area (Å²) in [5, 5.41) is 3.01. The van der Waals surface area contributed by atoms with Gasteiger partial charge in [-0.3, -0.25) is 4.79 Å². The molecule has 7 heteroatoms. The summed E-state index contributed by atoms with van der Waals surface area (Å²) in [4.78, 5) is 36.5. The van der Waals surface area contributed by atoms with Crippen molar-refractivity contribution in [2.75, 3.05) is 21.3 Å². The van der Waals surface area contributed by atoms with Gasteiger partial charge in [-0.25, -0.2) is 9.59 Å². The Morgan fingerprint density at radius 1 is 1.00 bits per heavy atom. The molecule has 1 aliphatic heterocycles. The summed E-state index contributed by atoms with van der Waals surface area (Å²) >= 11 is 0. The van der Waals surface area contributed by atoms with Crippen LogP contribution in [0.3, 0.4) is 0 Å². The molecule has 0 amide bonds. The quantitative estimate of drug-likeness (QED) is 0.636. The highest BCUT2D eigenvalue weighted by Crippen LogP contribution is 2.40. The van der Waals surface area contributed by atoms with Crippen molar-refractivity contribution in [3.63, 3.8) is 0 Å². The molecule has 0 spiro atoms. The van der Waals surface area contributed by atoms with Gasteiger partial charge in [-0.2, -0.15) is 0 Å². The van der Waals surface area contributed by atoms with Crippen molar-refractivity contribution >= 4 is 18.2 Å². The fourth-order valence-corrected chi connectivity index (χ4v) is 3.11. The molecule has 2 rings (SSSR count). The SMILES string of the molecule is COC(=O)C1=C(C)NC(C)=C(C(=O)OC)C1c1ccc(OC)cc1C=O. The lowest BCUT2D eigenvalue weighted by Gasteiger charge is -2.30. The zero-order valence-corrected chi connectivity index (χ0v) is 15.3. The van der Waals surface area contributed by atoms with E-state index in [4.69, 9.17) is 14.2 Å². The molecule has 1 heterocycles. The van der Waals surface area contributed by atoms with Crippen LogP contribution < -0.4 is 10.1 Å². The topological polar surface area (TPSA) is 90.9 Å². The number of nitrogens with one attached hydrogen (secondary N) is 1. The summed E-state index contributed by atoms with van der Waals surface area (Å²) in [5.74, 6) is -1.50. The first-order valence-electron chi connectivity index (χ1n) is 7.87. The summed E-state index contributed by atoms with van der Waals surface area (Å²) in [6.07, 6.45) is 0.661. The van der Waals surface area contributed by atoms with E-state index >= 15 is 0 Å². The number of allylic oxidation sites excluding steroid dienone is 2. The van der Waals surface area contributed by atoms with Gasteiger partial charge in [0.2, 0.25) is 0 Å². The largest absolute Gasteiger partial charge is 0.497 e. The Morgan fingerprint density at radius 3 is 1.96 bits per heavy atom. The van der Waals surface area contributed by atoms with Crippen LogP contribution in [0.25, 0.3) is 0 Å². The van der Waals surface area contributed by atoms with Crippen molar-refractivity contribution < 1.29 is 28.6 Å². The van der Waals surface area contributed by atoms with Crippen LogP contribution in [0.5, 0.6) is 5.75 Å². The maximum atomic E-state index is 12.4. The number of aldehydes is 1. The zero-order valence-electron chi connectivity index (χ0n) is 15.3. The Labute approximate surface area is 151 Å². The Morgan fingerprint density at radius 2 is 1.54 bits per heavy atom. The molecule has 0 bridgehead atoms. The van der Waals surface area contributed by atoms with E-state index in [1.54, 1.807) is 32.0 Å². The van der Waals surface area contributed by atoms with Crippen LogP contribution in [-0.2, 0) is 19.1 Å². The normalized spacial score (nSPS) is 14.7. The maximum absolute atomic E-state index is 12.4. The maximum Gasteiger partial charge on any atom is 0.336 e. The molecule has 0 saturated heterocycles. The average molecular weight is 359 g/mol. The van der Waals surface area contributed by atoms with Crippen LogP contribution in [0.1, 0.15) is 35.7 Å². The Balaban J connectivity index is 2.78. The molecule has 0 aliphatic carbocycles. The van der Waals surface area contributed by atoms with Gasteiger partial charge < -0.3 is 19.5 Å². The fourth-order valence-electron chi connectivity index (χ4n) is 3.11. The smallest absolute Gasteiger partial charge is 0.336 e. The Bertz CT molecular complexity index is 783. The first-order valence-corrected chi connectivity index (χ1v) is 7.87. The number of ether oxygens (including phenoxy) is 3. The molecular formula is C19H21NO6. The van der Waals surface area contributed by atoms with Gasteiger partial charge in [0.1, 0.15) is 12.0 Å². The molecule has 1 aliphatic rings. The number of benzene rings is 1. The third kappa shape index (κ3) is 3.33. The zero-order chi connectivity index (χ0) is 19.4. The highest BCUT2D eigenvalue weighted by Gasteiger charge is 2.38. The van der Waals surface area contributed by atoms with E-state index in [1.165, 1.54) is 21.3 Å². The number of hydrogen-bond donors (Lipinski definition) is 1. The molecule has 7 nitrogen and oxygen atoms in total. The molecule has 1 N–H and O–H groups in total. The second-order valence-electron chi connectivity index (χ2n) is 5.73. The Kier molecular flexibility index (Phi) is 5.82. The van der Waals surface area contributed by atoms with Crippen LogP contribution in [0.4, 0.5) is 0 Å². The molecule has 0 saturated carbocycles. The van der Waals surface area contributed by atoms with Crippen molar-refractivity contribution in [2.45, 2.75) is 19.8 Å². The van der Waals surface area contributed by atoms with Crippen LogP contribution in [-0.4, -0.2) is 39.6 Å². The molecule has 0 fully saturated rings. The monoisotopic (exact) mass is 359 g/mol. The van der Waals surface area contributed by atoms with Crippen LogP contribution >= 0.6 is 0 Å². The second-order valence-corrected chi connectivity index (χ2v) is 5.73. The molecular weight excluding hydrogens is 338 g/mol. The number of hydrogen-bond acceptors (Lipinski definition) is 7. The fraction of sp³-hybridized carbons (Fsp3) is 0.316. The van der Waals surface area contributed by atoms with Gasteiger partial charge >= 0.3 is 11.9 Å². The first kappa shape index (κ1) is 19.2. The van der Waals surface area contributed by atoms with Crippen LogP contribution in [0, 0.1) is 0 Å². The lowest BCUT2D eigenvalue weighted by Crippen LogP contribution is -2.32. The van der Waals surface area contributed by atoms with Gasteiger partial charge in [0.05, 0.1) is 38.4 Å². The summed E-state index contributed by atoms with van der Waals surface area (Å²) in [6, 6.07) is 4.88. The van der Waals surface area contributed by atoms with Crippen molar-refractivity contribution in [1.82, 2.24) is 5.32 Å². The molecule has 0 unspecified atom stereocenters. The van der Waals surface area contributed by atoms with E-state index in [9.17, 15) is 14.4 Å². The predicted octanol–water partition coefficient (Wildman–Crippen LogP) is 2.09. The first-order chi connectivity index (χ1) is 12.4. The minimum Gasteiger partial charge on any atom is -0.497 e. The second kappa shape index (κ2) is 7.86. The van der Waals surface area contributed by atoms with Gasteiger partial charge in [0.15, 0.2) is 0 Å². The minimum atomic E-state index is -0.803. The van der Waals surface area contributed by atoms with Crippen LogP contribution in [0.15, 0.2) is 40.7 Å². The van der Waals surface area contributed by atoms with Gasteiger partial charge in [-0.1, -0.05) is 6.07 Å². The van der Waals surface area contributed by atoms with E-state index in [2.05, 4.69) is 5.32 Å². The average Bonchev–Trinajstić information content (AvgIpc) is 2.65. The van der Waals surface area contributed by atoms with Crippen molar-refractivity contribution in [1.29, 1.82) is 0 Å². The lowest BCUT2D eigenvalue weighted by molar-refractivity contribution is -0.137. The standard InChI is InChI=1S/C19H21NO6/c1-10-15(18(22)25-4)17(16(11(2)20-10)19(23)26-5)14-7-6-13(24-3)8-12(14)9-21/h6-9,17,20H,1-5H3. The van der Waals surface area contributed by atoms with E-state index in [1.807, 2.05) is 0 Å². The number of esters is 2.